The Kier molecular flexibility index (Phi) is 10.5. The molecule has 28 heavy (non-hydrogen) atoms. The normalized spacial score (nSPS) is 19.8. The molecule has 0 spiro atoms. The van der Waals surface area contributed by atoms with E-state index in [2.05, 4.69) is 47.5 Å². The standard InChI is InChI=1S/C21H32N4OS.HI/c1-2-22-21(23-12-7-14-24-13-6-10-20(24)26)25-15-11-18(16-25)17-27-19-8-4-3-5-9-19;/h3-5,8-9,18H,2,6-7,10-17H2,1H3,(H,22,23);1H. The van der Waals surface area contributed by atoms with Crippen LogP contribution in [-0.2, 0) is 4.79 Å². The van der Waals surface area contributed by atoms with Gasteiger partial charge in [0.1, 0.15) is 0 Å². The van der Waals surface area contributed by atoms with E-state index in [0.717, 1.165) is 70.2 Å². The van der Waals surface area contributed by atoms with Crippen molar-refractivity contribution in [2.75, 3.05) is 45.0 Å². The number of nitrogens with one attached hydrogen (secondary N) is 1. The molecule has 3 rings (SSSR count). The van der Waals surface area contributed by atoms with Gasteiger partial charge in [0.2, 0.25) is 5.91 Å². The summed E-state index contributed by atoms with van der Waals surface area (Å²) in [6, 6.07) is 10.7. The van der Waals surface area contributed by atoms with E-state index in [1.807, 2.05) is 16.7 Å². The first-order valence-electron chi connectivity index (χ1n) is 10.2. The quantitative estimate of drug-likeness (QED) is 0.188. The minimum Gasteiger partial charge on any atom is -0.357 e. The van der Waals surface area contributed by atoms with Crippen molar-refractivity contribution in [3.63, 3.8) is 0 Å². The number of halogens is 1. The first kappa shape index (κ1) is 23.3. The van der Waals surface area contributed by atoms with Crippen LogP contribution in [0.2, 0.25) is 0 Å². The molecule has 0 aromatic heterocycles. The van der Waals surface area contributed by atoms with Crippen LogP contribution in [0.4, 0.5) is 0 Å². The topological polar surface area (TPSA) is 47.9 Å². The maximum absolute atomic E-state index is 11.7. The molecule has 5 nitrogen and oxygen atoms in total. The predicted molar refractivity (Wildman–Crippen MR) is 129 cm³/mol. The number of carbonyl (C=O) groups is 1. The summed E-state index contributed by atoms with van der Waals surface area (Å²) >= 11 is 1.96. The van der Waals surface area contributed by atoms with Gasteiger partial charge in [-0.25, -0.2) is 0 Å². The molecule has 2 aliphatic heterocycles. The number of carbonyl (C=O) groups excluding carboxylic acids is 1. The predicted octanol–water partition coefficient (Wildman–Crippen LogP) is 3.70. The number of hydrogen-bond acceptors (Lipinski definition) is 3. The summed E-state index contributed by atoms with van der Waals surface area (Å²) in [4.78, 5) is 22.2. The average molecular weight is 516 g/mol. The molecule has 2 fully saturated rings. The molecule has 1 atom stereocenters. The van der Waals surface area contributed by atoms with Gasteiger partial charge in [-0.05, 0) is 44.2 Å². The Bertz CT molecular complexity index is 628. The van der Waals surface area contributed by atoms with E-state index in [9.17, 15) is 4.79 Å². The van der Waals surface area contributed by atoms with Crippen LogP contribution in [0, 0.1) is 5.92 Å². The van der Waals surface area contributed by atoms with Gasteiger partial charge in [0, 0.05) is 56.3 Å². The largest absolute Gasteiger partial charge is 0.357 e. The third kappa shape index (κ3) is 7.13. The first-order valence-corrected chi connectivity index (χ1v) is 11.2. The van der Waals surface area contributed by atoms with Crippen LogP contribution in [0.3, 0.4) is 0 Å². The van der Waals surface area contributed by atoms with E-state index < -0.39 is 0 Å². The maximum Gasteiger partial charge on any atom is 0.222 e. The third-order valence-electron chi connectivity index (χ3n) is 5.17. The Morgan fingerprint density at radius 1 is 1.29 bits per heavy atom. The summed E-state index contributed by atoms with van der Waals surface area (Å²) in [5.74, 6) is 3.22. The van der Waals surface area contributed by atoms with Gasteiger partial charge < -0.3 is 15.1 Å². The smallest absolute Gasteiger partial charge is 0.222 e. The van der Waals surface area contributed by atoms with Crippen molar-refractivity contribution in [3.8, 4) is 0 Å². The number of thioether (sulfide) groups is 1. The highest BCUT2D eigenvalue weighted by molar-refractivity contribution is 14.0. The van der Waals surface area contributed by atoms with Crippen LogP contribution in [0.5, 0.6) is 0 Å². The second-order valence-electron chi connectivity index (χ2n) is 7.30. The maximum atomic E-state index is 11.7. The van der Waals surface area contributed by atoms with Crippen molar-refractivity contribution in [2.45, 2.75) is 37.5 Å². The molecule has 2 heterocycles. The highest BCUT2D eigenvalue weighted by Gasteiger charge is 2.25. The van der Waals surface area contributed by atoms with Crippen molar-refractivity contribution in [2.24, 2.45) is 10.9 Å². The summed E-state index contributed by atoms with van der Waals surface area (Å²) in [6.07, 6.45) is 3.91. The molecule has 0 bridgehead atoms. The summed E-state index contributed by atoms with van der Waals surface area (Å²) < 4.78 is 0. The second kappa shape index (κ2) is 12.6. The molecule has 0 radical (unpaired) electrons. The van der Waals surface area contributed by atoms with Gasteiger partial charge in [-0.15, -0.1) is 35.7 Å². The van der Waals surface area contributed by atoms with Gasteiger partial charge in [0.05, 0.1) is 0 Å². The molecule has 1 unspecified atom stereocenters. The number of benzene rings is 1. The molecule has 0 saturated carbocycles. The lowest BCUT2D eigenvalue weighted by atomic mass is 10.2. The zero-order valence-electron chi connectivity index (χ0n) is 16.8. The third-order valence-corrected chi connectivity index (χ3v) is 6.41. The zero-order chi connectivity index (χ0) is 18.9. The van der Waals surface area contributed by atoms with Gasteiger partial charge in [-0.1, -0.05) is 18.2 Å². The molecule has 1 aromatic rings. The van der Waals surface area contributed by atoms with Gasteiger partial charge in [0.15, 0.2) is 5.96 Å². The van der Waals surface area contributed by atoms with E-state index in [-0.39, 0.29) is 24.0 Å². The number of rotatable bonds is 8. The monoisotopic (exact) mass is 516 g/mol. The highest BCUT2D eigenvalue weighted by atomic mass is 127. The molecular formula is C21H33IN4OS. The Morgan fingerprint density at radius 3 is 2.82 bits per heavy atom. The summed E-state index contributed by atoms with van der Waals surface area (Å²) in [7, 11) is 0. The molecule has 1 N–H and O–H groups in total. The number of likely N-dealkylation sites (tertiary alicyclic amines) is 2. The lowest BCUT2D eigenvalue weighted by Gasteiger charge is -2.22. The van der Waals surface area contributed by atoms with Crippen LogP contribution in [0.1, 0.15) is 32.6 Å². The molecule has 2 aliphatic rings. The van der Waals surface area contributed by atoms with Gasteiger partial charge in [0.25, 0.3) is 0 Å². The van der Waals surface area contributed by atoms with Crippen molar-refractivity contribution < 1.29 is 4.79 Å². The number of amides is 1. The first-order chi connectivity index (χ1) is 13.3. The number of nitrogens with zero attached hydrogens (tertiary/aromatic N) is 3. The molecule has 156 valence electrons. The van der Waals surface area contributed by atoms with Gasteiger partial charge in [-0.3, -0.25) is 9.79 Å². The van der Waals surface area contributed by atoms with Crippen molar-refractivity contribution in [1.29, 1.82) is 0 Å². The number of aliphatic imine (C=N–C) groups is 1. The van der Waals surface area contributed by atoms with Crippen LogP contribution in [0.25, 0.3) is 0 Å². The summed E-state index contributed by atoms with van der Waals surface area (Å²) in [5.41, 5.74) is 0. The van der Waals surface area contributed by atoms with Crippen LogP contribution in [0.15, 0.2) is 40.2 Å². The highest BCUT2D eigenvalue weighted by Crippen LogP contribution is 2.25. The average Bonchev–Trinajstić information content (AvgIpc) is 3.32. The minimum absolute atomic E-state index is 0. The zero-order valence-corrected chi connectivity index (χ0v) is 20.0. The Balaban J connectivity index is 0.00000280. The van der Waals surface area contributed by atoms with Crippen LogP contribution < -0.4 is 5.32 Å². The molecule has 1 aromatic carbocycles. The van der Waals surface area contributed by atoms with Gasteiger partial charge >= 0.3 is 0 Å². The molecule has 7 heteroatoms. The van der Waals surface area contributed by atoms with Crippen molar-refractivity contribution in [3.05, 3.63) is 30.3 Å². The van der Waals surface area contributed by atoms with E-state index in [1.54, 1.807) is 0 Å². The van der Waals surface area contributed by atoms with Gasteiger partial charge in [-0.2, -0.15) is 0 Å². The fourth-order valence-electron chi connectivity index (χ4n) is 3.70. The van der Waals surface area contributed by atoms with E-state index in [4.69, 9.17) is 4.99 Å². The second-order valence-corrected chi connectivity index (χ2v) is 8.39. The lowest BCUT2D eigenvalue weighted by molar-refractivity contribution is -0.127. The number of hydrogen-bond donors (Lipinski definition) is 1. The van der Waals surface area contributed by atoms with E-state index >= 15 is 0 Å². The molecule has 0 aliphatic carbocycles. The Labute approximate surface area is 190 Å². The Hall–Kier alpha value is -0.960. The van der Waals surface area contributed by atoms with Crippen LogP contribution >= 0.6 is 35.7 Å². The lowest BCUT2D eigenvalue weighted by Crippen LogP contribution is -2.40. The molecule has 1 amide bonds. The Morgan fingerprint density at radius 2 is 2.11 bits per heavy atom. The van der Waals surface area contributed by atoms with Crippen molar-refractivity contribution >= 4 is 47.6 Å². The SMILES string of the molecule is CCNC(=NCCCN1CCCC1=O)N1CCC(CSc2ccccc2)C1.I. The van der Waals surface area contributed by atoms with Crippen LogP contribution in [-0.4, -0.2) is 66.7 Å². The molecular weight excluding hydrogens is 483 g/mol. The molecule has 2 saturated heterocycles. The summed E-state index contributed by atoms with van der Waals surface area (Å²) in [6.45, 7) is 7.73. The summed E-state index contributed by atoms with van der Waals surface area (Å²) in [5, 5.41) is 3.44. The number of guanidine groups is 1. The fourth-order valence-corrected chi connectivity index (χ4v) is 4.75. The van der Waals surface area contributed by atoms with E-state index in [1.165, 1.54) is 11.3 Å². The van der Waals surface area contributed by atoms with Crippen molar-refractivity contribution in [1.82, 2.24) is 15.1 Å². The minimum atomic E-state index is 0. The van der Waals surface area contributed by atoms with E-state index in [0.29, 0.717) is 11.8 Å². The fraction of sp³-hybridized carbons (Fsp3) is 0.619.